The lowest BCUT2D eigenvalue weighted by atomic mass is 9.61. The molecule has 0 saturated heterocycles. The average Bonchev–Trinajstić information content (AvgIpc) is 3.43. The second-order valence-corrected chi connectivity index (χ2v) is 9.26. The molecular weight excluding hydrogens is 468 g/mol. The van der Waals surface area contributed by atoms with Gasteiger partial charge in [0.1, 0.15) is 22.7 Å². The minimum Gasteiger partial charge on any atom is -0.481 e. The number of rotatable bonds is 4. The van der Waals surface area contributed by atoms with E-state index in [1.807, 2.05) is 0 Å². The van der Waals surface area contributed by atoms with E-state index in [2.05, 4.69) is 25.4 Å². The summed E-state index contributed by atoms with van der Waals surface area (Å²) in [6.07, 6.45) is 1.14. The Morgan fingerprint density at radius 1 is 1.17 bits per heavy atom. The molecule has 0 unspecified atom stereocenters. The second kappa shape index (κ2) is 7.65. The van der Waals surface area contributed by atoms with Crippen molar-refractivity contribution in [3.63, 3.8) is 0 Å². The van der Waals surface area contributed by atoms with E-state index in [1.165, 1.54) is 18.3 Å². The van der Waals surface area contributed by atoms with Gasteiger partial charge in [0, 0.05) is 23.2 Å². The van der Waals surface area contributed by atoms with E-state index < -0.39 is 35.6 Å². The number of hydrogen-bond donors (Lipinski definition) is 3. The Kier molecular flexibility index (Phi) is 4.77. The maximum absolute atomic E-state index is 13.9. The molecule has 4 aromatic heterocycles. The van der Waals surface area contributed by atoms with Gasteiger partial charge in [-0.25, -0.2) is 18.9 Å². The highest BCUT2D eigenvalue weighted by Gasteiger charge is 2.47. The molecule has 2 bridgehead atoms. The summed E-state index contributed by atoms with van der Waals surface area (Å²) in [5.41, 5.74) is -0.309. The first-order chi connectivity index (χ1) is 16.7. The number of nitrogens with one attached hydrogen (secondary N) is 2. The minimum atomic E-state index is -4.68. The van der Waals surface area contributed by atoms with Crippen LogP contribution in [0, 0.1) is 23.6 Å². The number of halogens is 4. The van der Waals surface area contributed by atoms with E-state index in [0.717, 1.165) is 42.5 Å². The lowest BCUT2D eigenvalue weighted by molar-refractivity contribution is -0.148. The van der Waals surface area contributed by atoms with E-state index in [0.29, 0.717) is 11.0 Å². The van der Waals surface area contributed by atoms with Gasteiger partial charge in [-0.1, -0.05) is 0 Å². The van der Waals surface area contributed by atoms with E-state index in [-0.39, 0.29) is 34.6 Å². The fourth-order valence-corrected chi connectivity index (χ4v) is 5.76. The Labute approximate surface area is 195 Å². The topological polar surface area (TPSA) is 108 Å². The molecule has 0 spiro atoms. The van der Waals surface area contributed by atoms with Crippen molar-refractivity contribution < 1.29 is 27.5 Å². The summed E-state index contributed by atoms with van der Waals surface area (Å²) < 4.78 is 55.9. The number of alkyl halides is 3. The van der Waals surface area contributed by atoms with Gasteiger partial charge < -0.3 is 15.4 Å². The predicted octanol–water partition coefficient (Wildman–Crippen LogP) is 4.73. The van der Waals surface area contributed by atoms with Gasteiger partial charge in [-0.15, -0.1) is 5.10 Å². The zero-order chi connectivity index (χ0) is 24.5. The predicted molar refractivity (Wildman–Crippen MR) is 117 cm³/mol. The van der Waals surface area contributed by atoms with E-state index >= 15 is 0 Å². The molecule has 0 amide bonds. The van der Waals surface area contributed by atoms with Crippen LogP contribution in [0.2, 0.25) is 0 Å². The number of carbonyl (C=O) groups is 1. The number of hydrogen-bond acceptors (Lipinski definition) is 5. The molecule has 0 aliphatic heterocycles. The number of H-pyrrole nitrogens is 1. The van der Waals surface area contributed by atoms with Crippen molar-refractivity contribution in [3.8, 4) is 11.4 Å². The van der Waals surface area contributed by atoms with Crippen LogP contribution in [0.5, 0.6) is 0 Å². The first kappa shape index (κ1) is 21.8. The number of aliphatic carboxylic acids is 1. The molecule has 7 rings (SSSR count). The lowest BCUT2D eigenvalue weighted by Crippen LogP contribution is -2.51. The van der Waals surface area contributed by atoms with Crippen LogP contribution in [0.15, 0.2) is 30.6 Å². The van der Waals surface area contributed by atoms with Crippen LogP contribution < -0.4 is 5.32 Å². The highest BCUT2D eigenvalue weighted by Crippen LogP contribution is 2.46. The minimum absolute atomic E-state index is 0.00696. The Morgan fingerprint density at radius 2 is 1.91 bits per heavy atom. The van der Waals surface area contributed by atoms with E-state index in [4.69, 9.17) is 0 Å². The van der Waals surface area contributed by atoms with Crippen LogP contribution >= 0.6 is 0 Å². The standard InChI is InChI=1S/C23H20F4N6O2/c24-12-7-13-14(9-29-19(13)28-8-12)20-31-21(15-5-6-16(23(25,26)27)33(15)32-20)30-18-11-3-1-10(2-4-11)17(18)22(34)35/h5-11,17-18H,1-4H2,(H,28,29)(H,34,35)(H,30,31,32)/t10?,11?,17-,18-/m0/s1. The number of pyridine rings is 1. The molecule has 12 heteroatoms. The molecule has 3 aliphatic rings. The van der Waals surface area contributed by atoms with Gasteiger partial charge in [0.05, 0.1) is 12.1 Å². The van der Waals surface area contributed by atoms with Crippen LogP contribution in [-0.4, -0.2) is 41.7 Å². The Morgan fingerprint density at radius 3 is 2.63 bits per heavy atom. The third-order valence-corrected chi connectivity index (χ3v) is 7.35. The molecule has 0 radical (unpaired) electrons. The highest BCUT2D eigenvalue weighted by molar-refractivity contribution is 5.92. The van der Waals surface area contributed by atoms with Gasteiger partial charge in [0.2, 0.25) is 0 Å². The Balaban J connectivity index is 1.53. The van der Waals surface area contributed by atoms with E-state index in [9.17, 15) is 27.5 Å². The number of aromatic nitrogens is 5. The van der Waals surface area contributed by atoms with Gasteiger partial charge in [0.25, 0.3) is 0 Å². The fourth-order valence-electron chi connectivity index (χ4n) is 5.76. The summed E-state index contributed by atoms with van der Waals surface area (Å²) in [4.78, 5) is 23.4. The molecule has 3 saturated carbocycles. The normalized spacial score (nSPS) is 24.3. The van der Waals surface area contributed by atoms with Crippen molar-refractivity contribution in [1.82, 2.24) is 24.6 Å². The lowest BCUT2D eigenvalue weighted by Gasteiger charge is -2.47. The quantitative estimate of drug-likeness (QED) is 0.359. The van der Waals surface area contributed by atoms with Gasteiger partial charge in [-0.3, -0.25) is 4.79 Å². The number of fused-ring (bicyclic) bond motifs is 5. The number of aromatic amines is 1. The number of anilines is 1. The van der Waals surface area contributed by atoms with Gasteiger partial charge in [-0.05, 0) is 55.7 Å². The first-order valence-corrected chi connectivity index (χ1v) is 11.3. The molecular formula is C23H20F4N6O2. The molecule has 4 aromatic rings. The summed E-state index contributed by atoms with van der Waals surface area (Å²) in [5.74, 6) is -2.09. The second-order valence-electron chi connectivity index (χ2n) is 9.26. The van der Waals surface area contributed by atoms with Gasteiger partial charge >= 0.3 is 12.1 Å². The van der Waals surface area contributed by atoms with Gasteiger partial charge in [-0.2, -0.15) is 13.2 Å². The smallest absolute Gasteiger partial charge is 0.433 e. The summed E-state index contributed by atoms with van der Waals surface area (Å²) >= 11 is 0. The summed E-state index contributed by atoms with van der Waals surface area (Å²) in [7, 11) is 0. The summed E-state index contributed by atoms with van der Waals surface area (Å²) in [6.45, 7) is 0. The number of carboxylic acids is 1. The van der Waals surface area contributed by atoms with Crippen molar-refractivity contribution in [2.24, 2.45) is 17.8 Å². The van der Waals surface area contributed by atoms with Crippen molar-refractivity contribution in [2.75, 3.05) is 5.32 Å². The van der Waals surface area contributed by atoms with Gasteiger partial charge in [0.15, 0.2) is 11.6 Å². The summed E-state index contributed by atoms with van der Waals surface area (Å²) in [5, 5.41) is 17.6. The largest absolute Gasteiger partial charge is 0.481 e. The molecule has 8 nitrogen and oxygen atoms in total. The maximum atomic E-state index is 13.9. The maximum Gasteiger partial charge on any atom is 0.433 e. The average molecular weight is 488 g/mol. The van der Waals surface area contributed by atoms with Crippen molar-refractivity contribution in [3.05, 3.63) is 42.1 Å². The molecule has 3 aliphatic carbocycles. The third-order valence-electron chi connectivity index (χ3n) is 7.35. The van der Waals surface area contributed by atoms with Crippen LogP contribution in [-0.2, 0) is 11.0 Å². The molecule has 4 heterocycles. The van der Waals surface area contributed by atoms with Crippen molar-refractivity contribution in [1.29, 1.82) is 0 Å². The van der Waals surface area contributed by atoms with Crippen LogP contribution in [0.25, 0.3) is 27.9 Å². The Bertz CT molecular complexity index is 1450. The zero-order valence-electron chi connectivity index (χ0n) is 18.2. The fraction of sp³-hybridized carbons (Fsp3) is 0.391. The molecule has 182 valence electrons. The van der Waals surface area contributed by atoms with Crippen LogP contribution in [0.4, 0.5) is 23.4 Å². The monoisotopic (exact) mass is 488 g/mol. The molecule has 0 aromatic carbocycles. The highest BCUT2D eigenvalue weighted by atomic mass is 19.4. The van der Waals surface area contributed by atoms with Crippen LogP contribution in [0.3, 0.4) is 0 Å². The SMILES string of the molecule is O=C(O)[C@H]1C2CCC(CC2)[C@@H]1Nc1nc(-c2c[nH]c3ncc(F)cc23)nn2c(C(F)(F)F)ccc12. The van der Waals surface area contributed by atoms with Crippen LogP contribution in [0.1, 0.15) is 31.4 Å². The Hall–Kier alpha value is -3.70. The number of nitrogens with zero attached hydrogens (tertiary/aromatic N) is 4. The van der Waals surface area contributed by atoms with E-state index in [1.54, 1.807) is 0 Å². The molecule has 3 N–H and O–H groups in total. The van der Waals surface area contributed by atoms with Crippen molar-refractivity contribution in [2.45, 2.75) is 37.9 Å². The summed E-state index contributed by atoms with van der Waals surface area (Å²) in [6, 6.07) is 2.91. The molecule has 2 atom stereocenters. The zero-order valence-corrected chi connectivity index (χ0v) is 18.2. The number of carboxylic acid groups (broad SMARTS) is 1. The molecule has 35 heavy (non-hydrogen) atoms. The van der Waals surface area contributed by atoms with Crippen molar-refractivity contribution >= 4 is 28.3 Å². The molecule has 3 fully saturated rings. The third kappa shape index (κ3) is 3.50. The first-order valence-electron chi connectivity index (χ1n) is 11.3.